The van der Waals surface area contributed by atoms with Crippen molar-refractivity contribution in [3.63, 3.8) is 0 Å². The molecule has 1 aliphatic heterocycles. The predicted molar refractivity (Wildman–Crippen MR) is 60.9 cm³/mol. The number of aromatic nitrogens is 2. The Labute approximate surface area is 97.9 Å². The van der Waals surface area contributed by atoms with Crippen LogP contribution < -0.4 is 11.2 Å². The second-order valence-corrected chi connectivity index (χ2v) is 4.34. The van der Waals surface area contributed by atoms with Gasteiger partial charge >= 0.3 is 5.69 Å². The van der Waals surface area contributed by atoms with Gasteiger partial charge in [-0.3, -0.25) is 14.3 Å². The lowest BCUT2D eigenvalue weighted by molar-refractivity contribution is -0.0405. The van der Waals surface area contributed by atoms with E-state index < -0.39 is 23.6 Å². The third-order valence-electron chi connectivity index (χ3n) is 3.04. The van der Waals surface area contributed by atoms with Crippen molar-refractivity contribution < 1.29 is 9.84 Å². The summed E-state index contributed by atoms with van der Waals surface area (Å²) < 4.78 is 6.82. The van der Waals surface area contributed by atoms with Gasteiger partial charge in [0.05, 0.1) is 6.10 Å². The summed E-state index contributed by atoms with van der Waals surface area (Å²) in [4.78, 5) is 25.1. The van der Waals surface area contributed by atoms with Gasteiger partial charge in [0, 0.05) is 18.2 Å². The molecule has 94 valence electrons. The molecule has 0 radical (unpaired) electrons. The minimum atomic E-state index is -0.719. The lowest BCUT2D eigenvalue weighted by Crippen LogP contribution is -2.36. The molecule has 2 heterocycles. The van der Waals surface area contributed by atoms with Gasteiger partial charge in [-0.25, -0.2) is 4.79 Å². The Kier molecular flexibility index (Phi) is 3.17. The molecule has 6 heteroatoms. The number of aliphatic hydroxyl groups excluding tert-OH is 1. The summed E-state index contributed by atoms with van der Waals surface area (Å²) in [5, 5.41) is 9.85. The molecule has 1 aliphatic rings. The lowest BCUT2D eigenvalue weighted by atomic mass is 10.1. The van der Waals surface area contributed by atoms with Crippen LogP contribution in [0.2, 0.25) is 0 Å². The van der Waals surface area contributed by atoms with Gasteiger partial charge in [0.15, 0.2) is 6.23 Å². The molecule has 1 aromatic rings. The number of hydrogen-bond donors (Lipinski definition) is 2. The van der Waals surface area contributed by atoms with E-state index in [4.69, 9.17) is 4.74 Å². The number of ether oxygens (including phenoxy) is 1. The summed E-state index contributed by atoms with van der Waals surface area (Å²) in [5.41, 5.74) is -0.549. The fourth-order valence-electron chi connectivity index (χ4n) is 2.02. The number of rotatable bonds is 2. The molecular weight excluding hydrogens is 224 g/mol. The van der Waals surface area contributed by atoms with E-state index in [0.717, 1.165) is 6.42 Å². The maximum Gasteiger partial charge on any atom is 0.330 e. The van der Waals surface area contributed by atoms with Crippen LogP contribution in [-0.4, -0.2) is 26.9 Å². The maximum absolute atomic E-state index is 11.6. The zero-order valence-corrected chi connectivity index (χ0v) is 9.84. The van der Waals surface area contributed by atoms with E-state index in [0.29, 0.717) is 12.0 Å². The molecule has 0 aromatic carbocycles. The van der Waals surface area contributed by atoms with Crippen molar-refractivity contribution in [2.24, 2.45) is 0 Å². The van der Waals surface area contributed by atoms with Crippen molar-refractivity contribution in [3.8, 4) is 0 Å². The third-order valence-corrected chi connectivity index (χ3v) is 3.04. The summed E-state index contributed by atoms with van der Waals surface area (Å²) in [6.07, 6.45) is 1.24. The first-order valence-corrected chi connectivity index (χ1v) is 5.68. The minimum Gasteiger partial charge on any atom is -0.388 e. The molecule has 2 rings (SSSR count). The molecule has 0 aliphatic carbocycles. The summed E-state index contributed by atoms with van der Waals surface area (Å²) in [6, 6.07) is 0. The van der Waals surface area contributed by atoms with Crippen molar-refractivity contribution in [2.45, 2.75) is 45.1 Å². The second-order valence-electron chi connectivity index (χ2n) is 4.34. The molecule has 1 saturated heterocycles. The highest BCUT2D eigenvalue weighted by Crippen LogP contribution is 2.29. The van der Waals surface area contributed by atoms with Crippen molar-refractivity contribution in [1.29, 1.82) is 0 Å². The van der Waals surface area contributed by atoms with Crippen LogP contribution in [0.15, 0.2) is 15.8 Å². The van der Waals surface area contributed by atoms with Crippen molar-refractivity contribution in [3.05, 3.63) is 32.6 Å². The molecule has 0 unspecified atom stereocenters. The average Bonchev–Trinajstić information content (AvgIpc) is 2.65. The van der Waals surface area contributed by atoms with Gasteiger partial charge in [0.2, 0.25) is 0 Å². The van der Waals surface area contributed by atoms with E-state index in [2.05, 4.69) is 4.98 Å². The normalized spacial score (nSPS) is 28.5. The van der Waals surface area contributed by atoms with Crippen molar-refractivity contribution in [2.75, 3.05) is 0 Å². The number of aryl methyl sites for hydroxylation is 1. The second kappa shape index (κ2) is 4.46. The van der Waals surface area contributed by atoms with Gasteiger partial charge in [-0.1, -0.05) is 6.92 Å². The van der Waals surface area contributed by atoms with Gasteiger partial charge in [0.1, 0.15) is 6.10 Å². The molecule has 3 atom stereocenters. The van der Waals surface area contributed by atoms with E-state index >= 15 is 0 Å². The topological polar surface area (TPSA) is 84.3 Å². The van der Waals surface area contributed by atoms with E-state index in [1.165, 1.54) is 10.8 Å². The Balaban J connectivity index is 2.38. The van der Waals surface area contributed by atoms with E-state index in [1.807, 2.05) is 6.92 Å². The summed E-state index contributed by atoms with van der Waals surface area (Å²) >= 11 is 0. The van der Waals surface area contributed by atoms with Gasteiger partial charge in [-0.05, 0) is 13.3 Å². The van der Waals surface area contributed by atoms with Crippen LogP contribution in [0.5, 0.6) is 0 Å². The number of nitrogens with one attached hydrogen (secondary N) is 1. The zero-order chi connectivity index (χ0) is 12.6. The first-order chi connectivity index (χ1) is 8.02. The molecule has 1 fully saturated rings. The minimum absolute atomic E-state index is 0.0471. The van der Waals surface area contributed by atoms with E-state index in [9.17, 15) is 14.7 Å². The first kappa shape index (κ1) is 12.1. The lowest BCUT2D eigenvalue weighted by Gasteiger charge is -2.17. The van der Waals surface area contributed by atoms with E-state index in [1.54, 1.807) is 6.92 Å². The number of aliphatic hydroxyl groups is 1. The van der Waals surface area contributed by atoms with Gasteiger partial charge in [-0.2, -0.15) is 0 Å². The highest BCUT2D eigenvalue weighted by molar-refractivity contribution is 5.02. The molecule has 0 amide bonds. The molecule has 1 aromatic heterocycles. The summed E-state index contributed by atoms with van der Waals surface area (Å²) in [5.74, 6) is 0. The van der Waals surface area contributed by atoms with Crippen LogP contribution in [0, 0.1) is 6.92 Å². The summed E-state index contributed by atoms with van der Waals surface area (Å²) in [6.45, 7) is 3.56. The quantitative estimate of drug-likeness (QED) is 0.756. The summed E-state index contributed by atoms with van der Waals surface area (Å²) in [7, 11) is 0. The Hall–Kier alpha value is -1.40. The number of aromatic amines is 1. The molecule has 17 heavy (non-hydrogen) atoms. The van der Waals surface area contributed by atoms with Crippen molar-refractivity contribution in [1.82, 2.24) is 9.55 Å². The van der Waals surface area contributed by atoms with Crippen LogP contribution in [0.3, 0.4) is 0 Å². The molecule has 2 N–H and O–H groups in total. The van der Waals surface area contributed by atoms with E-state index in [-0.39, 0.29) is 6.10 Å². The SMILES string of the molecule is CC[C@@H]1C[C@@H](O)[C@H](n2cc(C)c(=O)[nH]c2=O)O1. The monoisotopic (exact) mass is 240 g/mol. The third kappa shape index (κ3) is 2.18. The fourth-order valence-corrected chi connectivity index (χ4v) is 2.02. The zero-order valence-electron chi connectivity index (χ0n) is 9.84. The number of hydrogen-bond acceptors (Lipinski definition) is 4. The molecule has 0 saturated carbocycles. The Bertz CT molecular complexity index is 519. The van der Waals surface area contributed by atoms with Crippen LogP contribution in [0.25, 0.3) is 0 Å². The predicted octanol–water partition coefficient (Wildman–Crippen LogP) is -0.0966. The highest BCUT2D eigenvalue weighted by Gasteiger charge is 2.34. The smallest absolute Gasteiger partial charge is 0.330 e. The Morgan fingerprint density at radius 2 is 2.29 bits per heavy atom. The first-order valence-electron chi connectivity index (χ1n) is 5.68. The molecule has 6 nitrogen and oxygen atoms in total. The van der Waals surface area contributed by atoms with Gasteiger partial charge in [-0.15, -0.1) is 0 Å². The fraction of sp³-hybridized carbons (Fsp3) is 0.636. The standard InChI is InChI=1S/C11H16N2O4/c1-3-7-4-8(14)10(17-7)13-5-6(2)9(15)12-11(13)16/h5,7-8,10,14H,3-4H2,1-2H3,(H,12,15,16)/t7-,8-,10-/m1/s1. The molecule has 0 bridgehead atoms. The van der Waals surface area contributed by atoms with Crippen molar-refractivity contribution >= 4 is 0 Å². The molecule has 0 spiro atoms. The maximum atomic E-state index is 11.6. The van der Waals surface area contributed by atoms with Gasteiger partial charge in [0.25, 0.3) is 5.56 Å². The van der Waals surface area contributed by atoms with Crippen LogP contribution in [-0.2, 0) is 4.74 Å². The van der Waals surface area contributed by atoms with Gasteiger partial charge < -0.3 is 9.84 Å². The Morgan fingerprint density at radius 1 is 1.59 bits per heavy atom. The van der Waals surface area contributed by atoms with Crippen LogP contribution in [0.1, 0.15) is 31.6 Å². The largest absolute Gasteiger partial charge is 0.388 e. The van der Waals surface area contributed by atoms with Crippen LogP contribution in [0.4, 0.5) is 0 Å². The molecular formula is C11H16N2O4. The number of H-pyrrole nitrogens is 1. The average molecular weight is 240 g/mol. The Morgan fingerprint density at radius 3 is 2.88 bits per heavy atom. The van der Waals surface area contributed by atoms with Crippen LogP contribution >= 0.6 is 0 Å². The number of nitrogens with zero attached hydrogens (tertiary/aromatic N) is 1. The highest BCUT2D eigenvalue weighted by atomic mass is 16.5.